The van der Waals surface area contributed by atoms with E-state index in [-0.39, 0.29) is 5.82 Å². The van der Waals surface area contributed by atoms with E-state index in [0.717, 1.165) is 36.8 Å². The average Bonchev–Trinajstić information content (AvgIpc) is 2.34. The van der Waals surface area contributed by atoms with Crippen LogP contribution in [0.2, 0.25) is 0 Å². The molecule has 1 aliphatic carbocycles. The summed E-state index contributed by atoms with van der Waals surface area (Å²) < 4.78 is 13.4. The highest BCUT2D eigenvalue weighted by Gasteiger charge is 2.20. The summed E-state index contributed by atoms with van der Waals surface area (Å²) in [5, 5.41) is 3.32. The molecule has 0 amide bonds. The number of halogens is 1. The fourth-order valence-electron chi connectivity index (χ4n) is 2.50. The lowest BCUT2D eigenvalue weighted by Gasteiger charge is -2.31. The number of hydrogen-bond acceptors (Lipinski definition) is 3. The van der Waals surface area contributed by atoms with Crippen LogP contribution in [0, 0.1) is 11.7 Å². The Morgan fingerprint density at radius 3 is 2.89 bits per heavy atom. The van der Waals surface area contributed by atoms with Crippen LogP contribution < -0.4 is 10.2 Å². The van der Waals surface area contributed by atoms with Crippen molar-refractivity contribution in [3.8, 4) is 0 Å². The topological polar surface area (TPSA) is 28.2 Å². The highest BCUT2D eigenvalue weighted by Crippen LogP contribution is 2.28. The lowest BCUT2D eigenvalue weighted by molar-refractivity contribution is 0.321. The SMILES string of the molecule is CCCNCc1cc(F)cnc1N(C)CC1CCC1. The summed E-state index contributed by atoms with van der Waals surface area (Å²) in [5.41, 5.74) is 0.954. The number of aromatic nitrogens is 1. The quantitative estimate of drug-likeness (QED) is 0.768. The molecule has 1 heterocycles. The summed E-state index contributed by atoms with van der Waals surface area (Å²) in [4.78, 5) is 6.45. The van der Waals surface area contributed by atoms with Crippen LogP contribution in [0.15, 0.2) is 12.3 Å². The first kappa shape index (κ1) is 14.3. The second-order valence-corrected chi connectivity index (χ2v) is 5.49. The molecule has 1 aliphatic rings. The van der Waals surface area contributed by atoms with E-state index >= 15 is 0 Å². The molecule has 1 aromatic rings. The van der Waals surface area contributed by atoms with Gasteiger partial charge in [-0.1, -0.05) is 13.3 Å². The molecule has 4 heteroatoms. The molecule has 3 nitrogen and oxygen atoms in total. The maximum absolute atomic E-state index is 13.4. The Balaban J connectivity index is 2.03. The van der Waals surface area contributed by atoms with Crippen LogP contribution in [-0.4, -0.2) is 25.1 Å². The van der Waals surface area contributed by atoms with Crippen molar-refractivity contribution in [2.45, 2.75) is 39.2 Å². The summed E-state index contributed by atoms with van der Waals surface area (Å²) in [6.07, 6.45) is 6.37. The van der Waals surface area contributed by atoms with Gasteiger partial charge in [-0.3, -0.25) is 0 Å². The van der Waals surface area contributed by atoms with Crippen molar-refractivity contribution in [2.24, 2.45) is 5.92 Å². The molecular weight excluding hydrogens is 241 g/mol. The summed E-state index contributed by atoms with van der Waals surface area (Å²) >= 11 is 0. The lowest BCUT2D eigenvalue weighted by Crippen LogP contribution is -2.31. The molecule has 0 spiro atoms. The Morgan fingerprint density at radius 2 is 2.26 bits per heavy atom. The van der Waals surface area contributed by atoms with Crippen molar-refractivity contribution in [3.63, 3.8) is 0 Å². The third kappa shape index (κ3) is 3.90. The summed E-state index contributed by atoms with van der Waals surface area (Å²) in [6, 6.07) is 1.60. The first-order valence-electron chi connectivity index (χ1n) is 7.27. The third-order valence-corrected chi connectivity index (χ3v) is 3.77. The Kier molecular flexibility index (Phi) is 5.14. The van der Waals surface area contributed by atoms with Crippen LogP contribution in [0.3, 0.4) is 0 Å². The maximum atomic E-state index is 13.4. The van der Waals surface area contributed by atoms with E-state index in [1.807, 2.05) is 0 Å². The largest absolute Gasteiger partial charge is 0.359 e. The first-order chi connectivity index (χ1) is 9.20. The van der Waals surface area contributed by atoms with E-state index < -0.39 is 0 Å². The number of pyridine rings is 1. The van der Waals surface area contributed by atoms with E-state index in [9.17, 15) is 4.39 Å². The molecule has 19 heavy (non-hydrogen) atoms. The second-order valence-electron chi connectivity index (χ2n) is 5.49. The van der Waals surface area contributed by atoms with E-state index in [1.54, 1.807) is 6.07 Å². The van der Waals surface area contributed by atoms with Gasteiger partial charge in [-0.25, -0.2) is 9.37 Å². The van der Waals surface area contributed by atoms with Gasteiger partial charge in [-0.2, -0.15) is 0 Å². The van der Waals surface area contributed by atoms with Crippen LogP contribution in [0.1, 0.15) is 38.2 Å². The average molecular weight is 265 g/mol. The molecular formula is C15H24FN3. The minimum Gasteiger partial charge on any atom is -0.359 e. The molecule has 1 aromatic heterocycles. The fourth-order valence-corrected chi connectivity index (χ4v) is 2.50. The Bertz CT molecular complexity index is 404. The van der Waals surface area contributed by atoms with Crippen LogP contribution in [-0.2, 0) is 6.54 Å². The predicted octanol–water partition coefficient (Wildman–Crippen LogP) is 2.96. The number of nitrogens with one attached hydrogen (secondary N) is 1. The van der Waals surface area contributed by atoms with Gasteiger partial charge < -0.3 is 10.2 Å². The van der Waals surface area contributed by atoms with Crippen LogP contribution in [0.5, 0.6) is 0 Å². The third-order valence-electron chi connectivity index (χ3n) is 3.77. The van der Waals surface area contributed by atoms with E-state index in [0.29, 0.717) is 6.54 Å². The zero-order chi connectivity index (χ0) is 13.7. The van der Waals surface area contributed by atoms with Gasteiger partial charge in [-0.15, -0.1) is 0 Å². The normalized spacial score (nSPS) is 15.3. The molecule has 0 saturated heterocycles. The van der Waals surface area contributed by atoms with Crippen LogP contribution in [0.4, 0.5) is 10.2 Å². The molecule has 0 aliphatic heterocycles. The summed E-state index contributed by atoms with van der Waals surface area (Å²) in [7, 11) is 2.06. The van der Waals surface area contributed by atoms with Crippen molar-refractivity contribution < 1.29 is 4.39 Å². The molecule has 1 fully saturated rings. The molecule has 0 atom stereocenters. The zero-order valence-electron chi connectivity index (χ0n) is 12.0. The summed E-state index contributed by atoms with van der Waals surface area (Å²) in [6.45, 7) is 4.78. The fraction of sp³-hybridized carbons (Fsp3) is 0.667. The standard InChI is InChI=1S/C15H24FN3/c1-3-7-17-9-13-8-14(16)10-18-15(13)19(2)11-12-5-4-6-12/h8,10,12,17H,3-7,9,11H2,1-2H3. The second kappa shape index (κ2) is 6.85. The molecule has 0 unspecified atom stereocenters. The van der Waals surface area contributed by atoms with Crippen molar-refractivity contribution in [1.82, 2.24) is 10.3 Å². The van der Waals surface area contributed by atoms with E-state index in [1.165, 1.54) is 25.5 Å². The zero-order valence-corrected chi connectivity index (χ0v) is 12.0. The Morgan fingerprint density at radius 1 is 1.47 bits per heavy atom. The van der Waals surface area contributed by atoms with Crippen molar-refractivity contribution >= 4 is 5.82 Å². The van der Waals surface area contributed by atoms with Crippen LogP contribution in [0.25, 0.3) is 0 Å². The number of rotatable bonds is 7. The van der Waals surface area contributed by atoms with E-state index in [4.69, 9.17) is 0 Å². The molecule has 0 aromatic carbocycles. The summed E-state index contributed by atoms with van der Waals surface area (Å²) in [5.74, 6) is 1.44. The lowest BCUT2D eigenvalue weighted by atomic mass is 9.85. The molecule has 2 rings (SSSR count). The monoisotopic (exact) mass is 265 g/mol. The highest BCUT2D eigenvalue weighted by molar-refractivity contribution is 5.46. The van der Waals surface area contributed by atoms with Crippen molar-refractivity contribution in [2.75, 3.05) is 25.0 Å². The Hall–Kier alpha value is -1.16. The number of hydrogen-bond donors (Lipinski definition) is 1. The maximum Gasteiger partial charge on any atom is 0.141 e. The predicted molar refractivity (Wildman–Crippen MR) is 76.8 cm³/mol. The van der Waals surface area contributed by atoms with Gasteiger partial charge in [0.2, 0.25) is 0 Å². The molecule has 0 radical (unpaired) electrons. The molecule has 1 saturated carbocycles. The van der Waals surface area contributed by atoms with Crippen LogP contribution >= 0.6 is 0 Å². The van der Waals surface area contributed by atoms with Gasteiger partial charge in [0.25, 0.3) is 0 Å². The van der Waals surface area contributed by atoms with E-state index in [2.05, 4.69) is 29.2 Å². The molecule has 1 N–H and O–H groups in total. The van der Waals surface area contributed by atoms with Crippen molar-refractivity contribution in [1.29, 1.82) is 0 Å². The number of nitrogens with zero attached hydrogens (tertiary/aromatic N) is 2. The number of anilines is 1. The first-order valence-corrected chi connectivity index (χ1v) is 7.27. The molecule has 106 valence electrons. The van der Waals surface area contributed by atoms with Gasteiger partial charge >= 0.3 is 0 Å². The van der Waals surface area contributed by atoms with Gasteiger partial charge in [-0.05, 0) is 37.8 Å². The highest BCUT2D eigenvalue weighted by atomic mass is 19.1. The van der Waals surface area contributed by atoms with Gasteiger partial charge in [0.15, 0.2) is 0 Å². The Labute approximate surface area is 115 Å². The van der Waals surface area contributed by atoms with Gasteiger partial charge in [0, 0.05) is 25.7 Å². The molecule has 0 bridgehead atoms. The minimum absolute atomic E-state index is 0.255. The van der Waals surface area contributed by atoms with Gasteiger partial charge in [0.1, 0.15) is 11.6 Å². The van der Waals surface area contributed by atoms with Crippen molar-refractivity contribution in [3.05, 3.63) is 23.6 Å². The smallest absolute Gasteiger partial charge is 0.141 e. The van der Waals surface area contributed by atoms with Gasteiger partial charge in [0.05, 0.1) is 6.20 Å². The minimum atomic E-state index is -0.255.